The van der Waals surface area contributed by atoms with Crippen LogP contribution in [-0.4, -0.2) is 31.2 Å². The smallest absolute Gasteiger partial charge is 0.261 e. The van der Waals surface area contributed by atoms with E-state index in [0.717, 1.165) is 16.7 Å². The molecule has 1 atom stereocenters. The zero-order chi connectivity index (χ0) is 19.7. The first-order valence-corrected chi connectivity index (χ1v) is 9.08. The first kappa shape index (κ1) is 18.0. The molecule has 28 heavy (non-hydrogen) atoms. The lowest BCUT2D eigenvalue weighted by Crippen LogP contribution is -2.25. The maximum atomic E-state index is 13.1. The van der Waals surface area contributed by atoms with E-state index in [4.69, 9.17) is 4.98 Å². The molecule has 1 N–H and O–H groups in total. The van der Waals surface area contributed by atoms with Crippen LogP contribution in [0.25, 0.3) is 33.4 Å². The minimum atomic E-state index is -0.359. The summed E-state index contributed by atoms with van der Waals surface area (Å²) >= 11 is 0. The van der Waals surface area contributed by atoms with E-state index < -0.39 is 0 Å². The Bertz CT molecular complexity index is 1190. The van der Waals surface area contributed by atoms with E-state index in [9.17, 15) is 9.90 Å². The number of aliphatic hydroxyl groups is 1. The lowest BCUT2D eigenvalue weighted by Gasteiger charge is -2.14. The van der Waals surface area contributed by atoms with Crippen LogP contribution in [0.3, 0.4) is 0 Å². The van der Waals surface area contributed by atoms with Crippen LogP contribution in [-0.2, 0) is 0 Å². The lowest BCUT2D eigenvalue weighted by atomic mass is 10.0. The van der Waals surface area contributed by atoms with E-state index in [2.05, 4.69) is 9.97 Å². The van der Waals surface area contributed by atoms with Crippen LogP contribution in [0.15, 0.2) is 66.0 Å². The molecule has 3 heterocycles. The van der Waals surface area contributed by atoms with Crippen molar-refractivity contribution in [2.75, 3.05) is 6.61 Å². The Morgan fingerprint density at radius 1 is 1.14 bits per heavy atom. The average Bonchev–Trinajstić information content (AvgIpc) is 2.74. The summed E-state index contributed by atoms with van der Waals surface area (Å²) < 4.78 is 1.45. The fourth-order valence-electron chi connectivity index (χ4n) is 3.12. The highest BCUT2D eigenvalue weighted by molar-refractivity contribution is 5.93. The van der Waals surface area contributed by atoms with Crippen molar-refractivity contribution in [3.8, 4) is 22.5 Å². The van der Waals surface area contributed by atoms with Crippen molar-refractivity contribution in [1.29, 1.82) is 0 Å². The van der Waals surface area contributed by atoms with Crippen molar-refractivity contribution in [1.82, 2.24) is 19.5 Å². The van der Waals surface area contributed by atoms with Crippen LogP contribution in [0.5, 0.6) is 0 Å². The second-order valence-corrected chi connectivity index (χ2v) is 6.85. The van der Waals surface area contributed by atoms with E-state index in [1.807, 2.05) is 43.3 Å². The van der Waals surface area contributed by atoms with E-state index >= 15 is 0 Å². The highest BCUT2D eigenvalue weighted by atomic mass is 16.3. The molecule has 0 fully saturated rings. The van der Waals surface area contributed by atoms with Crippen molar-refractivity contribution < 1.29 is 5.11 Å². The number of aliphatic hydroxyl groups excluding tert-OH is 1. The first-order chi connectivity index (χ1) is 13.6. The van der Waals surface area contributed by atoms with Gasteiger partial charge in [0.05, 0.1) is 35.8 Å². The van der Waals surface area contributed by atoms with Gasteiger partial charge in [-0.05, 0) is 32.0 Å². The molecule has 0 radical (unpaired) electrons. The number of nitrogens with zero attached hydrogens (tertiary/aromatic N) is 4. The lowest BCUT2D eigenvalue weighted by molar-refractivity contribution is 0.236. The molecule has 6 heteroatoms. The molecule has 0 bridgehead atoms. The van der Waals surface area contributed by atoms with Crippen molar-refractivity contribution in [2.45, 2.75) is 19.9 Å². The molecule has 1 aromatic carbocycles. The molecule has 0 saturated carbocycles. The molecule has 4 rings (SSSR count). The third-order valence-corrected chi connectivity index (χ3v) is 4.79. The van der Waals surface area contributed by atoms with Gasteiger partial charge in [-0.25, -0.2) is 9.97 Å². The second kappa shape index (κ2) is 7.32. The average molecular weight is 372 g/mol. The molecule has 0 aliphatic heterocycles. The topological polar surface area (TPSA) is 80.9 Å². The molecule has 4 aromatic rings. The van der Waals surface area contributed by atoms with Gasteiger partial charge in [0.25, 0.3) is 5.56 Å². The quantitative estimate of drug-likeness (QED) is 0.594. The van der Waals surface area contributed by atoms with Gasteiger partial charge in [0.1, 0.15) is 5.52 Å². The zero-order valence-corrected chi connectivity index (χ0v) is 15.7. The van der Waals surface area contributed by atoms with E-state index in [1.165, 1.54) is 10.9 Å². The maximum Gasteiger partial charge on any atom is 0.261 e. The highest BCUT2D eigenvalue weighted by Crippen LogP contribution is 2.28. The number of hydrogen-bond acceptors (Lipinski definition) is 5. The highest BCUT2D eigenvalue weighted by Gasteiger charge is 2.16. The standard InChI is InChI=1S/C22H20N4O2/c1-14-5-7-16(8-6-14)19-10-18-21(20(25-19)17-4-3-9-23-11-17)24-13-26(22(18)28)15(2)12-27/h3-11,13,15,27H,12H2,1-2H3/t15-/m0/s1. The summed E-state index contributed by atoms with van der Waals surface area (Å²) in [7, 11) is 0. The molecule has 0 amide bonds. The van der Waals surface area contributed by atoms with Gasteiger partial charge in [-0.15, -0.1) is 0 Å². The summed E-state index contributed by atoms with van der Waals surface area (Å²) in [6, 6.07) is 13.1. The Labute approximate surface area is 162 Å². The van der Waals surface area contributed by atoms with Gasteiger partial charge in [-0.1, -0.05) is 29.8 Å². The number of benzene rings is 1. The molecule has 0 spiro atoms. The van der Waals surface area contributed by atoms with Crippen LogP contribution < -0.4 is 5.56 Å². The van der Waals surface area contributed by atoms with Gasteiger partial charge in [-0.2, -0.15) is 0 Å². The van der Waals surface area contributed by atoms with Crippen molar-refractivity contribution in [3.63, 3.8) is 0 Å². The molecule has 0 unspecified atom stereocenters. The Morgan fingerprint density at radius 3 is 2.61 bits per heavy atom. The first-order valence-electron chi connectivity index (χ1n) is 9.08. The van der Waals surface area contributed by atoms with E-state index in [1.54, 1.807) is 25.4 Å². The van der Waals surface area contributed by atoms with Crippen LogP contribution in [0.4, 0.5) is 0 Å². The summed E-state index contributed by atoms with van der Waals surface area (Å²) in [5.41, 5.74) is 4.49. The summed E-state index contributed by atoms with van der Waals surface area (Å²) in [6.45, 7) is 3.66. The molecule has 6 nitrogen and oxygen atoms in total. The summed E-state index contributed by atoms with van der Waals surface area (Å²) in [5, 5.41) is 9.93. The van der Waals surface area contributed by atoms with Crippen molar-refractivity contribution in [2.24, 2.45) is 0 Å². The van der Waals surface area contributed by atoms with Gasteiger partial charge in [-0.3, -0.25) is 14.3 Å². The fraction of sp³-hybridized carbons (Fsp3) is 0.182. The van der Waals surface area contributed by atoms with Crippen LogP contribution >= 0.6 is 0 Å². The molecular formula is C22H20N4O2. The van der Waals surface area contributed by atoms with Gasteiger partial charge in [0.15, 0.2) is 0 Å². The van der Waals surface area contributed by atoms with Crippen molar-refractivity contribution in [3.05, 3.63) is 77.1 Å². The zero-order valence-electron chi connectivity index (χ0n) is 15.7. The minimum Gasteiger partial charge on any atom is -0.394 e. The predicted octanol–water partition coefficient (Wildman–Crippen LogP) is 3.38. The Kier molecular flexibility index (Phi) is 4.71. The Hall–Kier alpha value is -3.38. The van der Waals surface area contributed by atoms with Crippen molar-refractivity contribution >= 4 is 10.9 Å². The third-order valence-electron chi connectivity index (χ3n) is 4.79. The number of rotatable bonds is 4. The number of aryl methyl sites for hydroxylation is 1. The van der Waals surface area contributed by atoms with E-state index in [-0.39, 0.29) is 18.2 Å². The fourth-order valence-corrected chi connectivity index (χ4v) is 3.12. The SMILES string of the molecule is Cc1ccc(-c2cc3c(=O)n([C@@H](C)CO)cnc3c(-c3cccnc3)n2)cc1. The molecule has 140 valence electrons. The number of pyridine rings is 2. The summed E-state index contributed by atoms with van der Waals surface area (Å²) in [4.78, 5) is 26.6. The Morgan fingerprint density at radius 2 is 1.93 bits per heavy atom. The van der Waals surface area contributed by atoms with Gasteiger partial charge >= 0.3 is 0 Å². The molecule has 0 aliphatic carbocycles. The molecule has 0 saturated heterocycles. The van der Waals surface area contributed by atoms with E-state index in [0.29, 0.717) is 22.3 Å². The summed E-state index contributed by atoms with van der Waals surface area (Å²) in [5.74, 6) is 0. The number of hydrogen-bond donors (Lipinski definition) is 1. The number of fused-ring (bicyclic) bond motifs is 1. The predicted molar refractivity (Wildman–Crippen MR) is 109 cm³/mol. The second-order valence-electron chi connectivity index (χ2n) is 6.85. The molecular weight excluding hydrogens is 352 g/mol. The summed E-state index contributed by atoms with van der Waals surface area (Å²) in [6.07, 6.45) is 4.88. The van der Waals surface area contributed by atoms with Gasteiger partial charge < -0.3 is 5.11 Å². The molecule has 3 aromatic heterocycles. The molecule has 0 aliphatic rings. The maximum absolute atomic E-state index is 13.1. The number of aromatic nitrogens is 4. The third kappa shape index (κ3) is 3.18. The van der Waals surface area contributed by atoms with Crippen LogP contribution in [0.1, 0.15) is 18.5 Å². The minimum absolute atomic E-state index is 0.140. The monoisotopic (exact) mass is 372 g/mol. The Balaban J connectivity index is 2.04. The van der Waals surface area contributed by atoms with Crippen LogP contribution in [0.2, 0.25) is 0 Å². The van der Waals surface area contributed by atoms with Crippen LogP contribution in [0, 0.1) is 6.92 Å². The largest absolute Gasteiger partial charge is 0.394 e. The normalized spacial score (nSPS) is 12.2. The van der Waals surface area contributed by atoms with Gasteiger partial charge in [0.2, 0.25) is 0 Å². The van der Waals surface area contributed by atoms with Gasteiger partial charge in [0, 0.05) is 23.5 Å².